The average Bonchev–Trinajstić information content (AvgIpc) is 2.26. The monoisotopic (exact) mass is 223 g/mol. The summed E-state index contributed by atoms with van der Waals surface area (Å²) in [4.78, 5) is 21.2. The third-order valence-corrected chi connectivity index (χ3v) is 2.09. The second-order valence-electron chi connectivity index (χ2n) is 3.38. The molecular formula is C11H13NO4. The van der Waals surface area contributed by atoms with E-state index in [0.717, 1.165) is 0 Å². The molecule has 0 heterocycles. The molecule has 0 aromatic heterocycles. The fourth-order valence-electron chi connectivity index (χ4n) is 1.21. The molecule has 0 aliphatic rings. The van der Waals surface area contributed by atoms with Crippen molar-refractivity contribution in [3.05, 3.63) is 35.4 Å². The van der Waals surface area contributed by atoms with E-state index >= 15 is 0 Å². The number of carbonyl (C=O) groups excluding carboxylic acids is 1. The molecule has 86 valence electrons. The number of aromatic carboxylic acids is 1. The van der Waals surface area contributed by atoms with Gasteiger partial charge in [0.15, 0.2) is 0 Å². The van der Waals surface area contributed by atoms with Gasteiger partial charge in [-0.1, -0.05) is 12.1 Å². The lowest BCUT2D eigenvalue weighted by Crippen LogP contribution is -2.25. The van der Waals surface area contributed by atoms with Crippen LogP contribution in [0, 0.1) is 0 Å². The topological polar surface area (TPSA) is 86.6 Å². The third-order valence-electron chi connectivity index (χ3n) is 2.09. The van der Waals surface area contributed by atoms with E-state index in [1.807, 2.05) is 0 Å². The maximum Gasteiger partial charge on any atom is 0.335 e. The van der Waals surface area contributed by atoms with Crippen LogP contribution < -0.4 is 5.32 Å². The number of carboxylic acid groups (broad SMARTS) is 1. The predicted molar refractivity (Wildman–Crippen MR) is 57.0 cm³/mol. The Morgan fingerprint density at radius 3 is 2.31 bits per heavy atom. The van der Waals surface area contributed by atoms with Crippen LogP contribution >= 0.6 is 0 Å². The highest BCUT2D eigenvalue weighted by atomic mass is 16.4. The molecule has 0 unspecified atom stereocenters. The van der Waals surface area contributed by atoms with Crippen LogP contribution in [0.4, 0.5) is 0 Å². The van der Waals surface area contributed by atoms with Crippen molar-refractivity contribution in [2.75, 3.05) is 6.54 Å². The van der Waals surface area contributed by atoms with Gasteiger partial charge in [0, 0.05) is 13.5 Å². The van der Waals surface area contributed by atoms with Gasteiger partial charge >= 0.3 is 5.97 Å². The average molecular weight is 223 g/mol. The lowest BCUT2D eigenvalue weighted by atomic mass is 10.1. The lowest BCUT2D eigenvalue weighted by Gasteiger charge is -2.11. The number of amides is 1. The number of aliphatic hydroxyl groups is 1. The number of nitrogens with one attached hydrogen (secondary N) is 1. The highest BCUT2D eigenvalue weighted by Crippen LogP contribution is 2.12. The van der Waals surface area contributed by atoms with E-state index in [1.165, 1.54) is 31.2 Å². The van der Waals surface area contributed by atoms with E-state index in [0.29, 0.717) is 5.56 Å². The molecule has 1 aromatic carbocycles. The lowest BCUT2D eigenvalue weighted by molar-refractivity contribution is -0.119. The molecule has 0 bridgehead atoms. The van der Waals surface area contributed by atoms with E-state index in [-0.39, 0.29) is 18.0 Å². The minimum Gasteiger partial charge on any atom is -0.478 e. The summed E-state index contributed by atoms with van der Waals surface area (Å²) in [7, 11) is 0. The van der Waals surface area contributed by atoms with Crippen LogP contribution in [0.15, 0.2) is 24.3 Å². The predicted octanol–water partition coefficient (Wildman–Crippen LogP) is 0.554. The molecule has 5 heteroatoms. The van der Waals surface area contributed by atoms with Gasteiger partial charge in [-0.15, -0.1) is 0 Å². The fraction of sp³-hybridized carbons (Fsp3) is 0.273. The minimum atomic E-state index is -1.01. The van der Waals surface area contributed by atoms with Crippen molar-refractivity contribution in [3.8, 4) is 0 Å². The van der Waals surface area contributed by atoms with Crippen LogP contribution in [-0.2, 0) is 4.79 Å². The van der Waals surface area contributed by atoms with Gasteiger partial charge in [-0.2, -0.15) is 0 Å². The van der Waals surface area contributed by atoms with Gasteiger partial charge in [0.25, 0.3) is 0 Å². The summed E-state index contributed by atoms with van der Waals surface area (Å²) in [6, 6.07) is 5.87. The van der Waals surface area contributed by atoms with Crippen LogP contribution in [0.2, 0.25) is 0 Å². The van der Waals surface area contributed by atoms with Crippen molar-refractivity contribution >= 4 is 11.9 Å². The van der Waals surface area contributed by atoms with Crippen LogP contribution in [0.25, 0.3) is 0 Å². The minimum absolute atomic E-state index is 0.113. The van der Waals surface area contributed by atoms with Crippen LogP contribution in [0.5, 0.6) is 0 Å². The summed E-state index contributed by atoms with van der Waals surface area (Å²) in [5.74, 6) is -1.23. The molecule has 0 aliphatic heterocycles. The first-order chi connectivity index (χ1) is 7.50. The number of benzene rings is 1. The summed E-state index contributed by atoms with van der Waals surface area (Å²) in [6.07, 6.45) is -0.827. The normalized spacial score (nSPS) is 11.9. The number of aliphatic hydroxyl groups excluding tert-OH is 1. The molecule has 1 aromatic rings. The van der Waals surface area contributed by atoms with E-state index in [9.17, 15) is 14.7 Å². The van der Waals surface area contributed by atoms with E-state index < -0.39 is 12.1 Å². The quantitative estimate of drug-likeness (QED) is 0.695. The highest BCUT2D eigenvalue weighted by Gasteiger charge is 2.09. The molecule has 3 N–H and O–H groups in total. The number of carboxylic acids is 1. The Morgan fingerprint density at radius 1 is 1.31 bits per heavy atom. The zero-order valence-electron chi connectivity index (χ0n) is 8.80. The first-order valence-electron chi connectivity index (χ1n) is 4.76. The van der Waals surface area contributed by atoms with Crippen molar-refractivity contribution < 1.29 is 19.8 Å². The van der Waals surface area contributed by atoms with Gasteiger partial charge in [-0.3, -0.25) is 4.79 Å². The Morgan fingerprint density at radius 2 is 1.88 bits per heavy atom. The van der Waals surface area contributed by atoms with Gasteiger partial charge < -0.3 is 15.5 Å². The number of hydrogen-bond donors (Lipinski definition) is 3. The molecule has 1 rings (SSSR count). The van der Waals surface area contributed by atoms with Gasteiger partial charge in [0.2, 0.25) is 5.91 Å². The van der Waals surface area contributed by atoms with Crippen molar-refractivity contribution in [1.29, 1.82) is 0 Å². The fourth-order valence-corrected chi connectivity index (χ4v) is 1.21. The van der Waals surface area contributed by atoms with Gasteiger partial charge in [-0.25, -0.2) is 4.79 Å². The Hall–Kier alpha value is -1.88. The Labute approximate surface area is 92.7 Å². The molecule has 0 spiro atoms. The zero-order chi connectivity index (χ0) is 12.1. The summed E-state index contributed by atoms with van der Waals surface area (Å²) in [5, 5.41) is 20.8. The molecule has 0 fully saturated rings. The second kappa shape index (κ2) is 5.27. The largest absolute Gasteiger partial charge is 0.478 e. The van der Waals surface area contributed by atoms with Crippen molar-refractivity contribution in [2.45, 2.75) is 13.0 Å². The Bertz CT molecular complexity index is 385. The van der Waals surface area contributed by atoms with Crippen molar-refractivity contribution in [1.82, 2.24) is 5.32 Å². The smallest absolute Gasteiger partial charge is 0.335 e. The first-order valence-corrected chi connectivity index (χ1v) is 4.76. The molecule has 16 heavy (non-hydrogen) atoms. The maximum atomic E-state index is 10.6. The second-order valence-corrected chi connectivity index (χ2v) is 3.38. The Kier molecular flexibility index (Phi) is 4.02. The van der Waals surface area contributed by atoms with E-state index in [2.05, 4.69) is 5.32 Å². The van der Waals surface area contributed by atoms with Crippen molar-refractivity contribution in [2.24, 2.45) is 0 Å². The standard InChI is InChI=1S/C11H13NO4/c1-7(13)12-6-10(14)8-2-4-9(5-3-8)11(15)16/h2-5,10,14H,6H2,1H3,(H,12,13)(H,15,16)/t10-/m1/s1. The highest BCUT2D eigenvalue weighted by molar-refractivity contribution is 5.87. The van der Waals surface area contributed by atoms with Gasteiger partial charge in [0.1, 0.15) is 0 Å². The Balaban J connectivity index is 2.66. The van der Waals surface area contributed by atoms with Gasteiger partial charge in [0.05, 0.1) is 11.7 Å². The van der Waals surface area contributed by atoms with Gasteiger partial charge in [-0.05, 0) is 17.7 Å². The van der Waals surface area contributed by atoms with Crippen LogP contribution in [0.1, 0.15) is 28.9 Å². The molecule has 0 saturated heterocycles. The molecule has 0 aliphatic carbocycles. The number of carbonyl (C=O) groups is 2. The molecular weight excluding hydrogens is 210 g/mol. The van der Waals surface area contributed by atoms with Crippen LogP contribution in [0.3, 0.4) is 0 Å². The number of hydrogen-bond acceptors (Lipinski definition) is 3. The molecule has 1 amide bonds. The molecule has 5 nitrogen and oxygen atoms in total. The summed E-state index contributed by atoms with van der Waals surface area (Å²) in [5.41, 5.74) is 0.731. The van der Waals surface area contributed by atoms with Crippen molar-refractivity contribution in [3.63, 3.8) is 0 Å². The van der Waals surface area contributed by atoms with E-state index in [1.54, 1.807) is 0 Å². The molecule has 0 radical (unpaired) electrons. The number of rotatable bonds is 4. The first kappa shape index (κ1) is 12.2. The summed E-state index contributed by atoms with van der Waals surface area (Å²) < 4.78 is 0. The summed E-state index contributed by atoms with van der Waals surface area (Å²) in [6.45, 7) is 1.47. The molecule has 0 saturated carbocycles. The molecule has 1 atom stereocenters. The summed E-state index contributed by atoms with van der Waals surface area (Å²) >= 11 is 0. The third kappa shape index (κ3) is 3.36. The maximum absolute atomic E-state index is 10.6. The SMILES string of the molecule is CC(=O)NC[C@@H](O)c1ccc(C(=O)O)cc1. The zero-order valence-corrected chi connectivity index (χ0v) is 8.80. The van der Waals surface area contributed by atoms with Crippen LogP contribution in [-0.4, -0.2) is 28.6 Å². The van der Waals surface area contributed by atoms with E-state index in [4.69, 9.17) is 5.11 Å².